The molecular formula is C12H18Br4O3P+. The quantitative estimate of drug-likeness (QED) is 0.178. The maximum absolute atomic E-state index is 12.0. The van der Waals surface area contributed by atoms with Crippen molar-refractivity contribution < 1.29 is 13.6 Å². The molecule has 0 spiro atoms. The summed E-state index contributed by atoms with van der Waals surface area (Å²) in [6.45, 7) is 7.76. The van der Waals surface area contributed by atoms with Crippen LogP contribution in [0.5, 0.6) is 0 Å². The van der Waals surface area contributed by atoms with Gasteiger partial charge in [-0.3, -0.25) is 0 Å². The molecule has 0 saturated heterocycles. The molecule has 0 saturated carbocycles. The van der Waals surface area contributed by atoms with Crippen LogP contribution < -0.4 is 0 Å². The van der Waals surface area contributed by atoms with Gasteiger partial charge in [0.05, 0.1) is 0 Å². The van der Waals surface area contributed by atoms with E-state index >= 15 is 0 Å². The van der Waals surface area contributed by atoms with Crippen LogP contribution in [0.3, 0.4) is 0 Å². The largest absolute Gasteiger partial charge is 0.702 e. The van der Waals surface area contributed by atoms with E-state index in [4.69, 9.17) is 9.05 Å². The molecule has 0 aliphatic carbocycles. The lowest BCUT2D eigenvalue weighted by atomic mass is 10.3. The van der Waals surface area contributed by atoms with Crippen molar-refractivity contribution in [3.8, 4) is 0 Å². The highest BCUT2D eigenvalue weighted by Gasteiger charge is 2.45. The van der Waals surface area contributed by atoms with E-state index in [0.717, 1.165) is 24.0 Å². The van der Waals surface area contributed by atoms with Crippen molar-refractivity contribution in [3.63, 3.8) is 0 Å². The molecule has 3 nitrogen and oxygen atoms in total. The summed E-state index contributed by atoms with van der Waals surface area (Å²) in [5.41, 5.74) is 1.73. The highest BCUT2D eigenvalue weighted by molar-refractivity contribution is 9.25. The summed E-state index contributed by atoms with van der Waals surface area (Å²) in [6.07, 6.45) is 5.63. The molecule has 0 aromatic carbocycles. The van der Waals surface area contributed by atoms with Crippen LogP contribution in [0, 0.1) is 0 Å². The predicted octanol–water partition coefficient (Wildman–Crippen LogP) is 7.28. The predicted molar refractivity (Wildman–Crippen MR) is 99.0 cm³/mol. The fourth-order valence-electron chi connectivity index (χ4n) is 1.20. The number of halogens is 4. The molecule has 0 aromatic rings. The Kier molecular flexibility index (Phi) is 10.2. The molecule has 0 aliphatic heterocycles. The molecule has 0 bridgehead atoms. The van der Waals surface area contributed by atoms with Crippen molar-refractivity contribution in [1.29, 1.82) is 0 Å². The van der Waals surface area contributed by atoms with Gasteiger partial charge < -0.3 is 0 Å². The van der Waals surface area contributed by atoms with Crippen molar-refractivity contribution in [2.24, 2.45) is 0 Å². The summed E-state index contributed by atoms with van der Waals surface area (Å²) in [6, 6.07) is 0. The Morgan fingerprint density at radius 2 is 1.25 bits per heavy atom. The van der Waals surface area contributed by atoms with Crippen molar-refractivity contribution in [3.05, 3.63) is 23.3 Å². The molecule has 0 amide bonds. The number of rotatable bonds is 8. The Labute approximate surface area is 155 Å². The molecule has 0 fully saturated rings. The van der Waals surface area contributed by atoms with E-state index in [2.05, 4.69) is 63.7 Å². The second-order valence-electron chi connectivity index (χ2n) is 4.03. The van der Waals surface area contributed by atoms with Crippen LogP contribution in [-0.4, -0.2) is 6.84 Å². The standard InChI is InChI=1S/C12H18Br4O3P/c1-5-7-9(3)11(13,14)18-20(17)19-12(15,16)10(4)8-6-2/h7-8H,5-6H2,1-4H3/q+1/b9-7+,10-8+. The third kappa shape index (κ3) is 7.61. The monoisotopic (exact) mass is 557 g/mol. The SMILES string of the molecule is CC/C=C(\C)C(Br)(Br)O[P+](=O)OC(Br)(Br)/C(C)=C/CC. The minimum absolute atomic E-state index is 0.852. The molecule has 8 heteroatoms. The topological polar surface area (TPSA) is 35.5 Å². The van der Waals surface area contributed by atoms with E-state index < -0.39 is 15.1 Å². The Morgan fingerprint density at radius 3 is 1.50 bits per heavy atom. The fraction of sp³-hybridized carbons (Fsp3) is 0.667. The Hall–Kier alpha value is 1.42. The minimum Gasteiger partial charge on any atom is -0.0842 e. The van der Waals surface area contributed by atoms with Crippen LogP contribution in [0.4, 0.5) is 0 Å². The van der Waals surface area contributed by atoms with Crippen molar-refractivity contribution in [1.82, 2.24) is 0 Å². The average molecular weight is 561 g/mol. The van der Waals surface area contributed by atoms with Gasteiger partial charge >= 0.3 is 8.25 Å². The lowest BCUT2D eigenvalue weighted by molar-refractivity contribution is 0.212. The second kappa shape index (κ2) is 9.53. The average Bonchev–Trinajstić information content (AvgIpc) is 2.27. The summed E-state index contributed by atoms with van der Waals surface area (Å²) in [5.74, 6) is 0. The van der Waals surface area contributed by atoms with Gasteiger partial charge in [0.25, 0.3) is 6.84 Å². The van der Waals surface area contributed by atoms with Gasteiger partial charge in [0.1, 0.15) is 0 Å². The van der Waals surface area contributed by atoms with Crippen molar-refractivity contribution in [2.75, 3.05) is 0 Å². The Morgan fingerprint density at radius 1 is 0.950 bits per heavy atom. The number of hydrogen-bond acceptors (Lipinski definition) is 3. The van der Waals surface area contributed by atoms with Gasteiger partial charge in [-0.2, -0.15) is 0 Å². The van der Waals surface area contributed by atoms with E-state index in [-0.39, 0.29) is 0 Å². The summed E-state index contributed by atoms with van der Waals surface area (Å²) >= 11 is 13.4. The Bertz CT molecular complexity index is 370. The first-order valence-corrected chi connectivity index (χ1v) is 10.3. The molecule has 0 aliphatic rings. The highest BCUT2D eigenvalue weighted by atomic mass is 79.9. The third-order valence-electron chi connectivity index (χ3n) is 2.32. The van der Waals surface area contributed by atoms with Gasteiger partial charge in [-0.1, -0.05) is 35.0 Å². The zero-order valence-electron chi connectivity index (χ0n) is 11.8. The molecule has 20 heavy (non-hydrogen) atoms. The highest BCUT2D eigenvalue weighted by Crippen LogP contribution is 2.50. The smallest absolute Gasteiger partial charge is 0.0842 e. The molecule has 0 rings (SSSR count). The van der Waals surface area contributed by atoms with E-state index in [1.807, 2.05) is 39.8 Å². The van der Waals surface area contributed by atoms with Crippen molar-refractivity contribution in [2.45, 2.75) is 47.4 Å². The number of alkyl halides is 4. The van der Waals surface area contributed by atoms with E-state index in [1.54, 1.807) is 0 Å². The molecule has 0 aromatic heterocycles. The number of allylic oxidation sites excluding steroid dienone is 2. The lowest BCUT2D eigenvalue weighted by Crippen LogP contribution is -2.19. The number of hydrogen-bond donors (Lipinski definition) is 0. The van der Waals surface area contributed by atoms with Gasteiger partial charge in [0.15, 0.2) is 0 Å². The Balaban J connectivity index is 4.80. The molecule has 116 valence electrons. The third-order valence-corrected chi connectivity index (χ3v) is 7.31. The second-order valence-corrected chi connectivity index (χ2v) is 11.4. The van der Waals surface area contributed by atoms with Gasteiger partial charge in [-0.15, -0.1) is 0 Å². The normalized spacial score (nSPS) is 15.5. The van der Waals surface area contributed by atoms with E-state index in [0.29, 0.717) is 0 Å². The molecule has 0 heterocycles. The molecule has 0 radical (unpaired) electrons. The first-order valence-electron chi connectivity index (χ1n) is 6.02. The fourth-order valence-corrected chi connectivity index (χ4v) is 3.97. The van der Waals surface area contributed by atoms with Crippen molar-refractivity contribution >= 4 is 72.0 Å². The van der Waals surface area contributed by atoms with Crippen LogP contribution in [-0.2, 0) is 13.6 Å². The summed E-state index contributed by atoms with van der Waals surface area (Å²) < 4.78 is 20.8. The summed E-state index contributed by atoms with van der Waals surface area (Å²) in [5, 5.41) is 0. The lowest BCUT2D eigenvalue weighted by Gasteiger charge is -2.17. The molecule has 0 N–H and O–H groups in total. The maximum atomic E-state index is 12.0. The van der Waals surface area contributed by atoms with Crippen LogP contribution in [0.1, 0.15) is 40.5 Å². The van der Waals surface area contributed by atoms with Crippen LogP contribution in [0.25, 0.3) is 0 Å². The minimum atomic E-state index is -2.36. The van der Waals surface area contributed by atoms with E-state index in [9.17, 15) is 4.57 Å². The van der Waals surface area contributed by atoms with Crippen LogP contribution >= 0.6 is 72.0 Å². The zero-order chi connectivity index (χ0) is 16.0. The van der Waals surface area contributed by atoms with Gasteiger partial charge in [0.2, 0.25) is 0 Å². The van der Waals surface area contributed by atoms with Gasteiger partial charge in [-0.25, -0.2) is 0 Å². The van der Waals surface area contributed by atoms with E-state index in [1.165, 1.54) is 0 Å². The first-order chi connectivity index (χ1) is 9.06. The molecule has 0 atom stereocenters. The maximum Gasteiger partial charge on any atom is 0.702 e. The van der Waals surface area contributed by atoms with Crippen LogP contribution in [0.2, 0.25) is 0 Å². The van der Waals surface area contributed by atoms with Gasteiger partial charge in [0, 0.05) is 4.57 Å². The summed E-state index contributed by atoms with van der Waals surface area (Å²) in [7, 11) is -2.36. The molecule has 0 unspecified atom stereocenters. The first kappa shape index (κ1) is 21.4. The van der Waals surface area contributed by atoms with Gasteiger partial charge in [-0.05, 0) is 102 Å². The zero-order valence-corrected chi connectivity index (χ0v) is 19.0. The molecular weight excluding hydrogens is 543 g/mol. The van der Waals surface area contributed by atoms with Crippen LogP contribution in [0.15, 0.2) is 23.3 Å². The summed E-state index contributed by atoms with van der Waals surface area (Å²) in [4.78, 5) is 0.